The van der Waals surface area contributed by atoms with E-state index in [0.717, 1.165) is 72.3 Å². The molecule has 7 rings (SSSR count). The summed E-state index contributed by atoms with van der Waals surface area (Å²) >= 11 is 14.2. The van der Waals surface area contributed by atoms with Gasteiger partial charge >= 0.3 is 0 Å². The van der Waals surface area contributed by atoms with E-state index in [2.05, 4.69) is 52.0 Å². The highest BCUT2D eigenvalue weighted by molar-refractivity contribution is 6.39. The van der Waals surface area contributed by atoms with Crippen LogP contribution in [0.15, 0.2) is 67.0 Å². The molecule has 49 heavy (non-hydrogen) atoms. The molecule has 5 aromatic rings. The highest BCUT2D eigenvalue weighted by atomic mass is 35.5. The van der Waals surface area contributed by atoms with Gasteiger partial charge in [-0.25, -0.2) is 4.98 Å². The van der Waals surface area contributed by atoms with Crippen LogP contribution in [-0.4, -0.2) is 59.4 Å². The molecule has 0 bridgehead atoms. The topological polar surface area (TPSA) is 102 Å². The molecule has 0 unspecified atom stereocenters. The second-order valence-corrected chi connectivity index (χ2v) is 13.5. The third-order valence-electron chi connectivity index (χ3n) is 9.44. The van der Waals surface area contributed by atoms with Crippen LogP contribution in [-0.2, 0) is 29.7 Å². The normalized spacial score (nSPS) is 17.6. The zero-order valence-electron chi connectivity index (χ0n) is 27.7. The van der Waals surface area contributed by atoms with Gasteiger partial charge in [0, 0.05) is 103 Å². The summed E-state index contributed by atoms with van der Waals surface area (Å²) in [7, 11) is 3.68. The average Bonchev–Trinajstić information content (AvgIpc) is 3.86. The fourth-order valence-corrected chi connectivity index (χ4v) is 7.51. The van der Waals surface area contributed by atoms with Crippen molar-refractivity contribution in [3.63, 3.8) is 0 Å². The first-order valence-electron chi connectivity index (χ1n) is 16.8. The lowest BCUT2D eigenvalue weighted by Crippen LogP contribution is -2.35. The van der Waals surface area contributed by atoms with E-state index in [1.54, 1.807) is 13.3 Å². The van der Waals surface area contributed by atoms with Crippen molar-refractivity contribution in [3.05, 3.63) is 88.2 Å². The van der Waals surface area contributed by atoms with Gasteiger partial charge in [-0.05, 0) is 43.0 Å². The Morgan fingerprint density at radius 1 is 0.980 bits per heavy atom. The molecular weight excluding hydrogens is 659 g/mol. The number of rotatable bonds is 12. The first kappa shape index (κ1) is 33.5. The maximum Gasteiger partial charge on any atom is 0.220 e. The summed E-state index contributed by atoms with van der Waals surface area (Å²) in [6, 6.07) is 18.2. The van der Waals surface area contributed by atoms with Crippen molar-refractivity contribution in [2.24, 2.45) is 7.05 Å². The van der Waals surface area contributed by atoms with Crippen molar-refractivity contribution in [1.82, 2.24) is 30.5 Å². The molecule has 0 saturated carbocycles. The van der Waals surface area contributed by atoms with Crippen molar-refractivity contribution in [2.75, 3.05) is 26.8 Å². The number of methoxy groups -OCH3 is 1. The number of ether oxygens (including phenoxy) is 2. The number of aromatic nitrogens is 3. The van der Waals surface area contributed by atoms with Gasteiger partial charge in [0.1, 0.15) is 0 Å². The summed E-state index contributed by atoms with van der Waals surface area (Å²) in [5, 5.41) is 12.2. The van der Waals surface area contributed by atoms with Gasteiger partial charge < -0.3 is 30.0 Å². The summed E-state index contributed by atoms with van der Waals surface area (Å²) in [6.07, 6.45) is 7.94. The van der Waals surface area contributed by atoms with Crippen LogP contribution in [0.1, 0.15) is 36.8 Å². The number of halogens is 2. The zero-order valence-corrected chi connectivity index (χ0v) is 29.2. The summed E-state index contributed by atoms with van der Waals surface area (Å²) < 4.78 is 13.6. The molecule has 11 heteroatoms. The number of hydrogen-bond acceptors (Lipinski definition) is 7. The van der Waals surface area contributed by atoms with Crippen molar-refractivity contribution in [1.29, 1.82) is 0 Å². The molecule has 254 valence electrons. The Labute approximate surface area is 296 Å². The largest absolute Gasteiger partial charge is 0.481 e. The Morgan fingerprint density at radius 2 is 1.80 bits per heavy atom. The van der Waals surface area contributed by atoms with Gasteiger partial charge in [0.15, 0.2) is 0 Å². The van der Waals surface area contributed by atoms with E-state index in [4.69, 9.17) is 42.6 Å². The number of hydrogen-bond donors (Lipinski definition) is 3. The van der Waals surface area contributed by atoms with Gasteiger partial charge in [0.05, 0.1) is 34.6 Å². The second kappa shape index (κ2) is 14.9. The van der Waals surface area contributed by atoms with Crippen molar-refractivity contribution >= 4 is 40.0 Å². The lowest BCUT2D eigenvalue weighted by atomic mass is 9.99. The smallest absolute Gasteiger partial charge is 0.220 e. The molecule has 9 nitrogen and oxygen atoms in total. The molecule has 3 aromatic heterocycles. The first-order chi connectivity index (χ1) is 23.9. The van der Waals surface area contributed by atoms with Crippen LogP contribution in [0.4, 0.5) is 0 Å². The van der Waals surface area contributed by atoms with Gasteiger partial charge in [-0.1, -0.05) is 59.6 Å². The van der Waals surface area contributed by atoms with Gasteiger partial charge in [0.25, 0.3) is 0 Å². The number of fused-ring (bicyclic) bond motifs is 1. The van der Waals surface area contributed by atoms with E-state index >= 15 is 0 Å². The standard InChI is InChI=1S/C38H40Cl2N6O3/c1-46-22-25(19-42-21-27-5-4-16-49-27)28-11-8-23(17-33(28)46)37-36(40)30(14-15-43-37)29-6-3-7-31(35(29)39)32-12-9-24(38(45-32)48-2)18-41-20-26-10-13-34(47)44-26/h3,6-9,11-12,14-15,17,22,26-27,41-42H,4-5,10,13,16,18-21H2,1-2H3,(H,44,47)/t26-,27-/m1/s1. The van der Waals surface area contributed by atoms with E-state index in [1.165, 1.54) is 10.9 Å². The van der Waals surface area contributed by atoms with Gasteiger partial charge in [-0.2, -0.15) is 0 Å². The fourth-order valence-electron chi connectivity index (χ4n) is 6.86. The molecule has 0 radical (unpaired) electrons. The fraction of sp³-hybridized carbons (Fsp3) is 0.342. The number of nitrogens with zero attached hydrogens (tertiary/aromatic N) is 3. The van der Waals surface area contributed by atoms with E-state index in [0.29, 0.717) is 52.9 Å². The molecule has 2 atom stereocenters. The quantitative estimate of drug-likeness (QED) is 0.130. The lowest BCUT2D eigenvalue weighted by molar-refractivity contribution is -0.119. The van der Waals surface area contributed by atoms with Crippen LogP contribution in [0.3, 0.4) is 0 Å². The minimum atomic E-state index is 0.107. The Bertz CT molecular complexity index is 1990. The molecule has 2 fully saturated rings. The van der Waals surface area contributed by atoms with Crippen LogP contribution >= 0.6 is 23.2 Å². The number of nitrogens with one attached hydrogen (secondary N) is 3. The SMILES string of the molecule is COc1nc(-c2cccc(-c3ccnc(-c4ccc5c(CNC[C@H]6CCCO6)cn(C)c5c4)c3Cl)c2Cl)ccc1CNC[C@H]1CCC(=O)N1. The lowest BCUT2D eigenvalue weighted by Gasteiger charge is -2.15. The molecule has 0 spiro atoms. The predicted molar refractivity (Wildman–Crippen MR) is 195 cm³/mol. The van der Waals surface area contributed by atoms with Gasteiger partial charge in [0.2, 0.25) is 11.8 Å². The Balaban J connectivity index is 1.12. The zero-order chi connectivity index (χ0) is 33.9. The van der Waals surface area contributed by atoms with Crippen molar-refractivity contribution < 1.29 is 14.3 Å². The minimum Gasteiger partial charge on any atom is -0.481 e. The van der Waals surface area contributed by atoms with Crippen LogP contribution in [0.2, 0.25) is 10.0 Å². The molecular formula is C38H40Cl2N6O3. The molecule has 0 aliphatic carbocycles. The summed E-state index contributed by atoms with van der Waals surface area (Å²) in [4.78, 5) is 21.0. The highest BCUT2D eigenvalue weighted by Crippen LogP contribution is 2.42. The highest BCUT2D eigenvalue weighted by Gasteiger charge is 2.21. The Hall–Kier alpha value is -3.99. The van der Waals surface area contributed by atoms with E-state index < -0.39 is 0 Å². The Kier molecular flexibility index (Phi) is 10.2. The number of pyridine rings is 2. The van der Waals surface area contributed by atoms with Crippen LogP contribution in [0, 0.1) is 0 Å². The van der Waals surface area contributed by atoms with Crippen LogP contribution < -0.4 is 20.7 Å². The summed E-state index contributed by atoms with van der Waals surface area (Å²) in [5.41, 5.74) is 7.93. The maximum atomic E-state index is 11.5. The van der Waals surface area contributed by atoms with Gasteiger partial charge in [-0.3, -0.25) is 9.78 Å². The third-order valence-corrected chi connectivity index (χ3v) is 10.2. The molecule has 2 saturated heterocycles. The Morgan fingerprint density at radius 3 is 2.59 bits per heavy atom. The van der Waals surface area contributed by atoms with Crippen molar-refractivity contribution in [3.8, 4) is 39.5 Å². The maximum absolute atomic E-state index is 11.5. The summed E-state index contributed by atoms with van der Waals surface area (Å²) in [6.45, 7) is 3.76. The van der Waals surface area contributed by atoms with E-state index in [-0.39, 0.29) is 11.9 Å². The van der Waals surface area contributed by atoms with Crippen LogP contribution in [0.5, 0.6) is 5.88 Å². The molecule has 5 heterocycles. The van der Waals surface area contributed by atoms with E-state index in [1.807, 2.05) is 36.4 Å². The number of benzene rings is 2. The number of aryl methyl sites for hydroxylation is 1. The molecule has 2 aliphatic rings. The monoisotopic (exact) mass is 698 g/mol. The predicted octanol–water partition coefficient (Wildman–Crippen LogP) is 6.92. The van der Waals surface area contributed by atoms with Gasteiger partial charge in [-0.15, -0.1) is 0 Å². The minimum absolute atomic E-state index is 0.107. The van der Waals surface area contributed by atoms with Crippen molar-refractivity contribution in [2.45, 2.75) is 50.9 Å². The average molecular weight is 700 g/mol. The number of amides is 1. The second-order valence-electron chi connectivity index (χ2n) is 12.8. The third kappa shape index (κ3) is 7.18. The number of carbonyl (C=O) groups excluding carboxylic acids is 1. The summed E-state index contributed by atoms with van der Waals surface area (Å²) in [5.74, 6) is 0.625. The molecule has 2 aromatic carbocycles. The first-order valence-corrected chi connectivity index (χ1v) is 17.5. The molecule has 2 aliphatic heterocycles. The van der Waals surface area contributed by atoms with Crippen LogP contribution in [0.25, 0.3) is 44.5 Å². The molecule has 3 N–H and O–H groups in total. The molecule has 1 amide bonds. The van der Waals surface area contributed by atoms with E-state index in [9.17, 15) is 4.79 Å². The number of carbonyl (C=O) groups is 1.